The number of thiophene rings is 1. The van der Waals surface area contributed by atoms with Gasteiger partial charge in [0.2, 0.25) is 0 Å². The maximum atomic E-state index is 11.6. The van der Waals surface area contributed by atoms with E-state index < -0.39 is 10.8 Å². The van der Waals surface area contributed by atoms with Gasteiger partial charge in [0.25, 0.3) is 11.6 Å². The van der Waals surface area contributed by atoms with Gasteiger partial charge in [-0.1, -0.05) is 23.4 Å². The van der Waals surface area contributed by atoms with Crippen molar-refractivity contribution >= 4 is 34.9 Å². The van der Waals surface area contributed by atoms with Crippen molar-refractivity contribution in [3.63, 3.8) is 0 Å². The standard InChI is InChI=1S/C15H14N4O4S/c1-11(14-7-4-8-24-14)18-23-10-15(20)17-16-9-12-5-2-3-6-13(12)19(21)22/h2-9H,10H2,1H3,(H,17,20)/b16-9+,18-11+. The summed E-state index contributed by atoms with van der Waals surface area (Å²) in [4.78, 5) is 27.8. The van der Waals surface area contributed by atoms with Crippen LogP contribution in [0.15, 0.2) is 52.0 Å². The quantitative estimate of drug-likeness (QED) is 0.472. The van der Waals surface area contributed by atoms with E-state index in [2.05, 4.69) is 15.7 Å². The molecule has 9 heteroatoms. The van der Waals surface area contributed by atoms with Crippen molar-refractivity contribution in [1.82, 2.24) is 5.43 Å². The molecule has 0 atom stereocenters. The van der Waals surface area contributed by atoms with Gasteiger partial charge in [0.05, 0.1) is 27.3 Å². The molecule has 8 nitrogen and oxygen atoms in total. The van der Waals surface area contributed by atoms with Crippen LogP contribution in [0.1, 0.15) is 17.4 Å². The summed E-state index contributed by atoms with van der Waals surface area (Å²) in [6.45, 7) is 1.47. The van der Waals surface area contributed by atoms with Crippen LogP contribution >= 0.6 is 11.3 Å². The van der Waals surface area contributed by atoms with Crippen LogP contribution in [-0.2, 0) is 9.63 Å². The van der Waals surface area contributed by atoms with E-state index in [-0.39, 0.29) is 17.9 Å². The molecule has 0 spiro atoms. The zero-order valence-corrected chi connectivity index (χ0v) is 13.5. The fourth-order valence-electron chi connectivity index (χ4n) is 1.69. The molecule has 0 radical (unpaired) electrons. The molecule has 0 saturated heterocycles. The zero-order valence-electron chi connectivity index (χ0n) is 12.7. The number of nitro groups is 1. The number of rotatable bonds is 7. The minimum Gasteiger partial charge on any atom is -0.385 e. The molecule has 0 fully saturated rings. The first-order valence-corrected chi connectivity index (χ1v) is 7.71. The molecule has 0 unspecified atom stereocenters. The Labute approximate surface area is 141 Å². The monoisotopic (exact) mass is 346 g/mol. The Kier molecular flexibility index (Phi) is 6.15. The van der Waals surface area contributed by atoms with Gasteiger partial charge in [-0.05, 0) is 24.4 Å². The molecule has 1 amide bonds. The van der Waals surface area contributed by atoms with Crippen LogP contribution in [0, 0.1) is 10.1 Å². The number of nitrogens with zero attached hydrogens (tertiary/aromatic N) is 3. The predicted octanol–water partition coefficient (Wildman–Crippen LogP) is 2.55. The molecule has 0 bridgehead atoms. The van der Waals surface area contributed by atoms with E-state index in [0.29, 0.717) is 5.71 Å². The van der Waals surface area contributed by atoms with Gasteiger partial charge in [-0.2, -0.15) is 5.10 Å². The summed E-state index contributed by atoms with van der Waals surface area (Å²) in [6, 6.07) is 9.86. The SMILES string of the molecule is C/C(=N\OCC(=O)N/N=C/c1ccccc1[N+](=O)[O-])c1cccs1. The fourth-order valence-corrected chi connectivity index (χ4v) is 2.35. The molecule has 2 aromatic rings. The molecule has 0 aliphatic carbocycles. The smallest absolute Gasteiger partial charge is 0.280 e. The minimum atomic E-state index is -0.521. The lowest BCUT2D eigenvalue weighted by molar-refractivity contribution is -0.385. The van der Waals surface area contributed by atoms with Crippen LogP contribution in [-0.4, -0.2) is 29.4 Å². The largest absolute Gasteiger partial charge is 0.385 e. The molecule has 1 N–H and O–H groups in total. The molecule has 124 valence electrons. The lowest BCUT2D eigenvalue weighted by Crippen LogP contribution is -2.22. The van der Waals surface area contributed by atoms with Gasteiger partial charge in [0.15, 0.2) is 6.61 Å². The van der Waals surface area contributed by atoms with E-state index in [0.717, 1.165) is 4.88 Å². The van der Waals surface area contributed by atoms with E-state index >= 15 is 0 Å². The van der Waals surface area contributed by atoms with Gasteiger partial charge in [0, 0.05) is 6.07 Å². The molecular weight excluding hydrogens is 332 g/mol. The average Bonchev–Trinajstić information content (AvgIpc) is 3.09. The third-order valence-corrected chi connectivity index (χ3v) is 3.78. The van der Waals surface area contributed by atoms with Crippen LogP contribution in [0.5, 0.6) is 0 Å². The first kappa shape index (κ1) is 17.3. The lowest BCUT2D eigenvalue weighted by Gasteiger charge is -2.00. The highest BCUT2D eigenvalue weighted by molar-refractivity contribution is 7.12. The second-order valence-corrected chi connectivity index (χ2v) is 5.48. The van der Waals surface area contributed by atoms with Crippen molar-refractivity contribution in [3.8, 4) is 0 Å². The number of benzene rings is 1. The van der Waals surface area contributed by atoms with Gasteiger partial charge in [-0.3, -0.25) is 14.9 Å². The average molecular weight is 346 g/mol. The van der Waals surface area contributed by atoms with Crippen molar-refractivity contribution in [2.24, 2.45) is 10.3 Å². The number of para-hydroxylation sites is 1. The predicted molar refractivity (Wildman–Crippen MR) is 91.3 cm³/mol. The summed E-state index contributed by atoms with van der Waals surface area (Å²) >= 11 is 1.52. The third-order valence-electron chi connectivity index (χ3n) is 2.80. The van der Waals surface area contributed by atoms with Gasteiger partial charge < -0.3 is 4.84 Å². The summed E-state index contributed by atoms with van der Waals surface area (Å²) in [5, 5.41) is 20.3. The van der Waals surface area contributed by atoms with Crippen molar-refractivity contribution in [1.29, 1.82) is 0 Å². The second-order valence-electron chi connectivity index (χ2n) is 4.54. The highest BCUT2D eigenvalue weighted by Gasteiger charge is 2.10. The van der Waals surface area contributed by atoms with Crippen molar-refractivity contribution < 1.29 is 14.6 Å². The van der Waals surface area contributed by atoms with Gasteiger partial charge >= 0.3 is 0 Å². The molecule has 24 heavy (non-hydrogen) atoms. The number of hydrazone groups is 1. The van der Waals surface area contributed by atoms with Gasteiger partial charge in [-0.15, -0.1) is 11.3 Å². The summed E-state index contributed by atoms with van der Waals surface area (Å²) < 4.78 is 0. The Bertz CT molecular complexity index is 772. The maximum Gasteiger partial charge on any atom is 0.280 e. The van der Waals surface area contributed by atoms with Gasteiger partial charge in [0.1, 0.15) is 0 Å². The summed E-state index contributed by atoms with van der Waals surface area (Å²) in [6.07, 6.45) is 1.20. The van der Waals surface area contributed by atoms with Crippen LogP contribution in [0.25, 0.3) is 0 Å². The summed E-state index contributed by atoms with van der Waals surface area (Å²) in [5.74, 6) is -0.521. The van der Waals surface area contributed by atoms with Gasteiger partial charge in [-0.25, -0.2) is 5.43 Å². The van der Waals surface area contributed by atoms with Crippen LogP contribution in [0.4, 0.5) is 5.69 Å². The minimum absolute atomic E-state index is 0.0945. The topological polar surface area (TPSA) is 106 Å². The van der Waals surface area contributed by atoms with Crippen molar-refractivity contribution in [3.05, 3.63) is 62.3 Å². The molecule has 1 aromatic carbocycles. The molecule has 0 aliphatic rings. The van der Waals surface area contributed by atoms with E-state index in [4.69, 9.17) is 4.84 Å². The summed E-state index contributed by atoms with van der Waals surface area (Å²) in [7, 11) is 0. The number of carbonyl (C=O) groups excluding carboxylic acids is 1. The third kappa shape index (κ3) is 4.99. The summed E-state index contributed by atoms with van der Waals surface area (Å²) in [5.41, 5.74) is 3.08. The van der Waals surface area contributed by atoms with Crippen LogP contribution in [0.3, 0.4) is 0 Å². The van der Waals surface area contributed by atoms with E-state index in [1.807, 2.05) is 17.5 Å². The highest BCUT2D eigenvalue weighted by atomic mass is 32.1. The Hall–Kier alpha value is -3.07. The van der Waals surface area contributed by atoms with E-state index in [1.165, 1.54) is 29.7 Å². The normalized spacial score (nSPS) is 11.5. The fraction of sp³-hybridized carbons (Fsp3) is 0.133. The molecule has 1 heterocycles. The molecule has 0 aliphatic heterocycles. The Morgan fingerprint density at radius 2 is 2.17 bits per heavy atom. The highest BCUT2D eigenvalue weighted by Crippen LogP contribution is 2.15. The van der Waals surface area contributed by atoms with E-state index in [9.17, 15) is 14.9 Å². The first-order valence-electron chi connectivity index (χ1n) is 6.83. The first-order chi connectivity index (χ1) is 11.6. The molecule has 2 rings (SSSR count). The molecule has 1 aromatic heterocycles. The Balaban J connectivity index is 1.83. The number of carbonyl (C=O) groups is 1. The van der Waals surface area contributed by atoms with E-state index in [1.54, 1.807) is 19.1 Å². The number of nitrogens with one attached hydrogen (secondary N) is 1. The van der Waals surface area contributed by atoms with Crippen LogP contribution < -0.4 is 5.43 Å². The second kappa shape index (κ2) is 8.53. The molecule has 0 saturated carbocycles. The number of amides is 1. The maximum absolute atomic E-state index is 11.6. The lowest BCUT2D eigenvalue weighted by atomic mass is 10.2. The number of nitro benzene ring substituents is 1. The number of hydrogen-bond donors (Lipinski definition) is 1. The van der Waals surface area contributed by atoms with Crippen molar-refractivity contribution in [2.45, 2.75) is 6.92 Å². The number of hydrogen-bond acceptors (Lipinski definition) is 7. The zero-order chi connectivity index (χ0) is 17.4. The Morgan fingerprint density at radius 3 is 2.88 bits per heavy atom. The number of oxime groups is 1. The molecular formula is C15H14N4O4S. The van der Waals surface area contributed by atoms with Crippen molar-refractivity contribution in [2.75, 3.05) is 6.61 Å². The Morgan fingerprint density at radius 1 is 1.38 bits per heavy atom. The van der Waals surface area contributed by atoms with Crippen LogP contribution in [0.2, 0.25) is 0 Å².